The van der Waals surface area contributed by atoms with E-state index in [1.807, 2.05) is 0 Å². The minimum Gasteiger partial charge on any atom is -0.481 e. The van der Waals surface area contributed by atoms with Crippen LogP contribution < -0.4 is 0 Å². The summed E-state index contributed by atoms with van der Waals surface area (Å²) < 4.78 is 0. The predicted molar refractivity (Wildman–Crippen MR) is 46.4 cm³/mol. The fraction of sp³-hybridized carbons (Fsp3) is 0.778. The molecule has 72 valence electrons. The zero-order chi connectivity index (χ0) is 9.42. The van der Waals surface area contributed by atoms with Crippen LogP contribution in [0.1, 0.15) is 19.3 Å². The average molecular weight is 183 g/mol. The number of fused-ring (bicyclic) bond motifs is 2. The van der Waals surface area contributed by atoms with Crippen LogP contribution in [-0.4, -0.2) is 23.9 Å². The van der Waals surface area contributed by atoms with Crippen molar-refractivity contribution in [2.45, 2.75) is 19.3 Å². The van der Waals surface area contributed by atoms with Crippen molar-refractivity contribution in [2.24, 2.45) is 22.9 Å². The molecule has 4 heteroatoms. The molecule has 0 saturated heterocycles. The van der Waals surface area contributed by atoms with Crippen LogP contribution in [0.5, 0.6) is 0 Å². The Morgan fingerprint density at radius 1 is 1.62 bits per heavy atom. The van der Waals surface area contributed by atoms with E-state index in [0.29, 0.717) is 5.92 Å². The predicted octanol–water partition coefficient (Wildman–Crippen LogP) is 1.12. The van der Waals surface area contributed by atoms with E-state index in [9.17, 15) is 4.79 Å². The zero-order valence-electron chi connectivity index (χ0n) is 7.56. The monoisotopic (exact) mass is 183 g/mol. The minimum atomic E-state index is -0.672. The molecule has 1 N–H and O–H groups in total. The van der Waals surface area contributed by atoms with Gasteiger partial charge in [0.1, 0.15) is 7.11 Å². The molecule has 0 spiro atoms. The van der Waals surface area contributed by atoms with E-state index in [4.69, 9.17) is 9.94 Å². The average Bonchev–Trinajstić information content (AvgIpc) is 2.60. The van der Waals surface area contributed by atoms with Crippen LogP contribution in [0.4, 0.5) is 0 Å². The molecule has 2 aliphatic carbocycles. The maximum absolute atomic E-state index is 10.9. The second-order valence-corrected chi connectivity index (χ2v) is 3.78. The van der Waals surface area contributed by atoms with E-state index in [1.165, 1.54) is 7.11 Å². The lowest BCUT2D eigenvalue weighted by molar-refractivity contribution is -0.143. The van der Waals surface area contributed by atoms with Gasteiger partial charge in [0, 0.05) is 5.92 Å². The molecule has 0 aromatic heterocycles. The highest BCUT2D eigenvalue weighted by Crippen LogP contribution is 2.47. The van der Waals surface area contributed by atoms with Crippen LogP contribution in [-0.2, 0) is 9.63 Å². The molecule has 0 amide bonds. The van der Waals surface area contributed by atoms with Gasteiger partial charge in [-0.15, -0.1) is 0 Å². The largest absolute Gasteiger partial charge is 0.481 e. The summed E-state index contributed by atoms with van der Waals surface area (Å²) in [4.78, 5) is 15.6. The summed E-state index contributed by atoms with van der Waals surface area (Å²) in [7, 11) is 1.51. The summed E-state index contributed by atoms with van der Waals surface area (Å²) in [6, 6.07) is 0. The number of carboxylic acid groups (broad SMARTS) is 1. The highest BCUT2D eigenvalue weighted by molar-refractivity contribution is 5.94. The topological polar surface area (TPSA) is 58.9 Å². The smallest absolute Gasteiger partial charge is 0.307 e. The van der Waals surface area contributed by atoms with Crippen molar-refractivity contribution in [1.82, 2.24) is 0 Å². The molecular weight excluding hydrogens is 170 g/mol. The van der Waals surface area contributed by atoms with Gasteiger partial charge >= 0.3 is 5.97 Å². The molecule has 2 rings (SSSR count). The van der Waals surface area contributed by atoms with Crippen molar-refractivity contribution < 1.29 is 14.7 Å². The standard InChI is InChI=1S/C9H13NO3/c1-13-10-7-4-5-2-3-6(7)8(5)9(11)12/h5-6,8H,2-4H2,1H3,(H,11,12)/b10-7+. The Labute approximate surface area is 76.6 Å². The van der Waals surface area contributed by atoms with Gasteiger partial charge in [-0.25, -0.2) is 0 Å². The molecule has 0 aromatic carbocycles. The van der Waals surface area contributed by atoms with Gasteiger partial charge in [-0.05, 0) is 25.2 Å². The lowest BCUT2D eigenvalue weighted by atomic mass is 9.98. The van der Waals surface area contributed by atoms with Gasteiger partial charge in [-0.2, -0.15) is 0 Å². The number of carboxylic acids is 1. The molecule has 0 aliphatic heterocycles. The SMILES string of the molecule is CO/N=C1\CC2CCC1C2C(=O)O. The first-order valence-corrected chi connectivity index (χ1v) is 4.56. The lowest BCUT2D eigenvalue weighted by Gasteiger charge is -2.09. The number of carbonyl (C=O) groups is 1. The van der Waals surface area contributed by atoms with Gasteiger partial charge < -0.3 is 9.94 Å². The molecule has 0 radical (unpaired) electrons. The highest BCUT2D eigenvalue weighted by atomic mass is 16.6. The fourth-order valence-corrected chi connectivity index (χ4v) is 2.70. The van der Waals surface area contributed by atoms with Crippen LogP contribution in [0.2, 0.25) is 0 Å². The number of aliphatic carboxylic acids is 1. The Hall–Kier alpha value is -1.06. The van der Waals surface area contributed by atoms with E-state index in [1.54, 1.807) is 0 Å². The minimum absolute atomic E-state index is 0.141. The van der Waals surface area contributed by atoms with Gasteiger partial charge in [-0.3, -0.25) is 4.79 Å². The number of oxime groups is 1. The Bertz CT molecular complexity index is 262. The molecule has 3 unspecified atom stereocenters. The normalized spacial score (nSPS) is 39.8. The van der Waals surface area contributed by atoms with E-state index in [2.05, 4.69) is 5.16 Å². The van der Waals surface area contributed by atoms with Gasteiger partial charge in [0.2, 0.25) is 0 Å². The summed E-state index contributed by atoms with van der Waals surface area (Å²) in [6.45, 7) is 0. The highest BCUT2D eigenvalue weighted by Gasteiger charge is 2.50. The molecule has 3 atom stereocenters. The molecule has 2 fully saturated rings. The number of hydrogen-bond donors (Lipinski definition) is 1. The lowest BCUT2D eigenvalue weighted by Crippen LogP contribution is -2.20. The molecular formula is C9H13NO3. The summed E-state index contributed by atoms with van der Waals surface area (Å²) >= 11 is 0. The Morgan fingerprint density at radius 3 is 2.92 bits per heavy atom. The third kappa shape index (κ3) is 1.20. The van der Waals surface area contributed by atoms with Crippen LogP contribution in [0.3, 0.4) is 0 Å². The number of hydrogen-bond acceptors (Lipinski definition) is 3. The van der Waals surface area contributed by atoms with Crippen molar-refractivity contribution in [1.29, 1.82) is 0 Å². The molecule has 4 nitrogen and oxygen atoms in total. The van der Waals surface area contributed by atoms with Crippen molar-refractivity contribution in [3.05, 3.63) is 0 Å². The van der Waals surface area contributed by atoms with E-state index < -0.39 is 5.97 Å². The first-order chi connectivity index (χ1) is 6.24. The molecule has 2 bridgehead atoms. The van der Waals surface area contributed by atoms with Crippen molar-refractivity contribution in [2.75, 3.05) is 7.11 Å². The third-order valence-corrected chi connectivity index (χ3v) is 3.18. The summed E-state index contributed by atoms with van der Waals surface area (Å²) in [5.74, 6) is -0.429. The van der Waals surface area contributed by atoms with Gasteiger partial charge in [0.25, 0.3) is 0 Å². The zero-order valence-corrected chi connectivity index (χ0v) is 7.56. The van der Waals surface area contributed by atoms with Gasteiger partial charge in [0.05, 0.1) is 11.6 Å². The van der Waals surface area contributed by atoms with Crippen LogP contribution in [0, 0.1) is 17.8 Å². The van der Waals surface area contributed by atoms with Crippen molar-refractivity contribution in [3.8, 4) is 0 Å². The first kappa shape index (κ1) is 8.53. The second kappa shape index (κ2) is 3.01. The molecule has 0 heterocycles. The quantitative estimate of drug-likeness (QED) is 0.652. The van der Waals surface area contributed by atoms with Crippen LogP contribution in [0.15, 0.2) is 5.16 Å². The summed E-state index contributed by atoms with van der Waals surface area (Å²) in [5.41, 5.74) is 0.950. The second-order valence-electron chi connectivity index (χ2n) is 3.78. The number of rotatable bonds is 2. The van der Waals surface area contributed by atoms with Crippen LogP contribution in [0.25, 0.3) is 0 Å². The maximum Gasteiger partial charge on any atom is 0.307 e. The van der Waals surface area contributed by atoms with E-state index in [0.717, 1.165) is 25.0 Å². The Kier molecular flexibility index (Phi) is 1.98. The number of nitrogens with zero attached hydrogens (tertiary/aromatic N) is 1. The van der Waals surface area contributed by atoms with E-state index in [-0.39, 0.29) is 11.8 Å². The maximum atomic E-state index is 10.9. The first-order valence-electron chi connectivity index (χ1n) is 4.56. The van der Waals surface area contributed by atoms with Gasteiger partial charge in [0.15, 0.2) is 0 Å². The molecule has 0 aromatic rings. The summed E-state index contributed by atoms with van der Waals surface area (Å²) in [6.07, 6.45) is 2.81. The molecule has 2 aliphatic rings. The Morgan fingerprint density at radius 2 is 2.38 bits per heavy atom. The molecule has 13 heavy (non-hydrogen) atoms. The van der Waals surface area contributed by atoms with Crippen molar-refractivity contribution >= 4 is 11.7 Å². The van der Waals surface area contributed by atoms with Crippen molar-refractivity contribution in [3.63, 3.8) is 0 Å². The molecule has 2 saturated carbocycles. The van der Waals surface area contributed by atoms with Crippen LogP contribution >= 0.6 is 0 Å². The third-order valence-electron chi connectivity index (χ3n) is 3.18. The van der Waals surface area contributed by atoms with Gasteiger partial charge in [-0.1, -0.05) is 5.16 Å². The Balaban J connectivity index is 2.19. The summed E-state index contributed by atoms with van der Waals surface area (Å²) in [5, 5.41) is 12.9. The van der Waals surface area contributed by atoms with E-state index >= 15 is 0 Å². The fourth-order valence-electron chi connectivity index (χ4n) is 2.70.